The summed E-state index contributed by atoms with van der Waals surface area (Å²) in [6, 6.07) is 16.6. The van der Waals surface area contributed by atoms with Crippen LogP contribution in [0.4, 0.5) is 0 Å². The first-order valence-electron chi connectivity index (χ1n) is 9.23. The number of likely N-dealkylation sites (tertiary alicyclic amines) is 1. The molecule has 26 heavy (non-hydrogen) atoms. The highest BCUT2D eigenvalue weighted by molar-refractivity contribution is 7.89. The van der Waals surface area contributed by atoms with Crippen molar-refractivity contribution in [2.24, 2.45) is 0 Å². The second kappa shape index (κ2) is 6.16. The van der Waals surface area contributed by atoms with Gasteiger partial charge in [0.15, 0.2) is 0 Å². The molecule has 5 nitrogen and oxygen atoms in total. The van der Waals surface area contributed by atoms with Crippen LogP contribution in [0.1, 0.15) is 23.1 Å². The van der Waals surface area contributed by atoms with Crippen LogP contribution in [0, 0.1) is 0 Å². The summed E-state index contributed by atoms with van der Waals surface area (Å²) in [7, 11) is -3.47. The van der Waals surface area contributed by atoms with E-state index in [0.717, 1.165) is 36.3 Å². The number of hydrogen-bond donors (Lipinski definition) is 1. The van der Waals surface area contributed by atoms with E-state index in [0.29, 0.717) is 30.1 Å². The number of rotatable bonds is 4. The summed E-state index contributed by atoms with van der Waals surface area (Å²) in [5.74, 6) is 0. The molecule has 136 valence electrons. The molecule has 2 fully saturated rings. The molecule has 3 heterocycles. The molecule has 3 aliphatic rings. The largest absolute Gasteiger partial charge is 0.311 e. The molecule has 2 aromatic rings. The van der Waals surface area contributed by atoms with Crippen LogP contribution in [-0.2, 0) is 29.7 Å². The average molecular weight is 369 g/mol. The first-order chi connectivity index (χ1) is 12.6. The van der Waals surface area contributed by atoms with E-state index in [1.165, 1.54) is 6.42 Å². The van der Waals surface area contributed by atoms with Crippen LogP contribution in [0.15, 0.2) is 53.4 Å². The third kappa shape index (κ3) is 2.77. The van der Waals surface area contributed by atoms with E-state index in [1.54, 1.807) is 10.4 Å². The third-order valence-electron chi connectivity index (χ3n) is 5.90. The maximum atomic E-state index is 13.1. The van der Waals surface area contributed by atoms with Crippen molar-refractivity contribution in [3.8, 4) is 0 Å². The van der Waals surface area contributed by atoms with Crippen LogP contribution < -0.4 is 5.32 Å². The molecule has 0 spiro atoms. The Morgan fingerprint density at radius 1 is 1.04 bits per heavy atom. The Kier molecular flexibility index (Phi) is 3.90. The van der Waals surface area contributed by atoms with E-state index in [9.17, 15) is 8.42 Å². The Morgan fingerprint density at radius 2 is 1.81 bits per heavy atom. The van der Waals surface area contributed by atoms with Crippen LogP contribution in [0.3, 0.4) is 0 Å². The van der Waals surface area contributed by atoms with Gasteiger partial charge in [-0.2, -0.15) is 4.31 Å². The normalized spacial score (nSPS) is 25.7. The minimum absolute atomic E-state index is 0.408. The molecule has 1 N–H and O–H groups in total. The van der Waals surface area contributed by atoms with E-state index >= 15 is 0 Å². The molecule has 2 saturated heterocycles. The Labute approximate surface area is 154 Å². The number of sulfonamides is 1. The Morgan fingerprint density at radius 3 is 2.46 bits per heavy atom. The van der Waals surface area contributed by atoms with Gasteiger partial charge in [0.2, 0.25) is 10.0 Å². The molecular formula is C20H23N3O2S. The second-order valence-electron chi connectivity index (χ2n) is 7.61. The van der Waals surface area contributed by atoms with Gasteiger partial charge in [-0.15, -0.1) is 0 Å². The minimum Gasteiger partial charge on any atom is -0.311 e. The van der Waals surface area contributed by atoms with Crippen molar-refractivity contribution in [2.75, 3.05) is 13.1 Å². The van der Waals surface area contributed by atoms with Crippen molar-refractivity contribution in [3.63, 3.8) is 0 Å². The van der Waals surface area contributed by atoms with E-state index in [2.05, 4.69) is 10.2 Å². The molecule has 3 aliphatic heterocycles. The SMILES string of the molecule is O=S(=O)(c1cccc(CN2CC3CC2CN3)c1)N1Cc2ccccc2C1. The van der Waals surface area contributed by atoms with Crippen molar-refractivity contribution in [2.45, 2.75) is 43.0 Å². The quantitative estimate of drug-likeness (QED) is 0.895. The Hall–Kier alpha value is -1.73. The fourth-order valence-electron chi connectivity index (χ4n) is 4.50. The van der Waals surface area contributed by atoms with Crippen LogP contribution in [0.25, 0.3) is 0 Å². The molecule has 6 heteroatoms. The molecular weight excluding hydrogens is 346 g/mol. The van der Waals surface area contributed by atoms with Gasteiger partial charge in [-0.1, -0.05) is 36.4 Å². The van der Waals surface area contributed by atoms with Gasteiger partial charge in [-0.25, -0.2) is 8.42 Å². The molecule has 2 atom stereocenters. The van der Waals surface area contributed by atoms with Gasteiger partial charge >= 0.3 is 0 Å². The van der Waals surface area contributed by atoms with Crippen molar-refractivity contribution in [1.82, 2.24) is 14.5 Å². The summed E-state index contributed by atoms with van der Waals surface area (Å²) in [6.07, 6.45) is 1.21. The fourth-order valence-corrected chi connectivity index (χ4v) is 5.97. The molecule has 0 amide bonds. The highest BCUT2D eigenvalue weighted by Crippen LogP contribution is 2.30. The van der Waals surface area contributed by atoms with E-state index in [1.807, 2.05) is 42.5 Å². The zero-order valence-corrected chi connectivity index (χ0v) is 15.5. The Bertz CT molecular complexity index is 919. The molecule has 5 rings (SSSR count). The Balaban J connectivity index is 1.36. The summed E-state index contributed by atoms with van der Waals surface area (Å²) in [4.78, 5) is 2.88. The van der Waals surface area contributed by atoms with Crippen LogP contribution in [-0.4, -0.2) is 42.8 Å². The topological polar surface area (TPSA) is 52.7 Å². The maximum Gasteiger partial charge on any atom is 0.243 e. The lowest BCUT2D eigenvalue weighted by Gasteiger charge is -2.27. The number of benzene rings is 2. The smallest absolute Gasteiger partial charge is 0.243 e. The van der Waals surface area contributed by atoms with Gasteiger partial charge in [-0.3, -0.25) is 4.90 Å². The molecule has 0 saturated carbocycles. The molecule has 0 aromatic heterocycles. The van der Waals surface area contributed by atoms with Gasteiger partial charge in [0, 0.05) is 44.8 Å². The van der Waals surface area contributed by atoms with Gasteiger partial charge in [0.25, 0.3) is 0 Å². The molecule has 0 aliphatic carbocycles. The lowest BCUT2D eigenvalue weighted by Crippen LogP contribution is -2.42. The van der Waals surface area contributed by atoms with Crippen LogP contribution >= 0.6 is 0 Å². The standard InChI is InChI=1S/C20H23N3O2S/c24-26(25,23-12-16-5-1-2-6-17(16)13-23)20-7-3-4-15(8-20)11-22-14-18-9-19(22)10-21-18/h1-8,18-19,21H,9-14H2. The summed E-state index contributed by atoms with van der Waals surface area (Å²) in [5, 5.41) is 3.51. The van der Waals surface area contributed by atoms with Gasteiger partial charge in [0.1, 0.15) is 0 Å². The monoisotopic (exact) mass is 369 g/mol. The van der Waals surface area contributed by atoms with E-state index < -0.39 is 10.0 Å². The average Bonchev–Trinajstić information content (AvgIpc) is 3.37. The number of nitrogens with zero attached hydrogens (tertiary/aromatic N) is 2. The first-order valence-corrected chi connectivity index (χ1v) is 10.7. The highest BCUT2D eigenvalue weighted by Gasteiger charge is 2.37. The lowest BCUT2D eigenvalue weighted by atomic mass is 10.1. The second-order valence-corrected chi connectivity index (χ2v) is 9.55. The van der Waals surface area contributed by atoms with E-state index in [-0.39, 0.29) is 0 Å². The highest BCUT2D eigenvalue weighted by atomic mass is 32.2. The maximum absolute atomic E-state index is 13.1. The van der Waals surface area contributed by atoms with Crippen LogP contribution in [0.2, 0.25) is 0 Å². The van der Waals surface area contributed by atoms with Gasteiger partial charge in [0.05, 0.1) is 4.90 Å². The fraction of sp³-hybridized carbons (Fsp3) is 0.400. The third-order valence-corrected chi connectivity index (χ3v) is 7.69. The zero-order chi connectivity index (χ0) is 17.7. The predicted molar refractivity (Wildman–Crippen MR) is 99.9 cm³/mol. The molecule has 2 unspecified atom stereocenters. The number of piperazine rings is 1. The number of nitrogens with one attached hydrogen (secondary N) is 1. The van der Waals surface area contributed by atoms with E-state index in [4.69, 9.17) is 0 Å². The van der Waals surface area contributed by atoms with Gasteiger partial charge < -0.3 is 5.32 Å². The van der Waals surface area contributed by atoms with Crippen molar-refractivity contribution >= 4 is 10.0 Å². The number of fused-ring (bicyclic) bond motifs is 3. The van der Waals surface area contributed by atoms with Crippen LogP contribution in [0.5, 0.6) is 0 Å². The molecule has 0 radical (unpaired) electrons. The summed E-state index contributed by atoms with van der Waals surface area (Å²) < 4.78 is 27.8. The summed E-state index contributed by atoms with van der Waals surface area (Å²) >= 11 is 0. The van der Waals surface area contributed by atoms with Crippen molar-refractivity contribution in [1.29, 1.82) is 0 Å². The number of hydrogen-bond acceptors (Lipinski definition) is 4. The summed E-state index contributed by atoms with van der Waals surface area (Å²) in [6.45, 7) is 3.86. The van der Waals surface area contributed by atoms with Crippen molar-refractivity contribution < 1.29 is 8.42 Å². The predicted octanol–water partition coefficient (Wildman–Crippen LogP) is 1.94. The van der Waals surface area contributed by atoms with Gasteiger partial charge in [-0.05, 0) is 35.2 Å². The minimum atomic E-state index is -3.47. The van der Waals surface area contributed by atoms with Crippen molar-refractivity contribution in [3.05, 3.63) is 65.2 Å². The first kappa shape index (κ1) is 16.4. The molecule has 2 aromatic carbocycles. The zero-order valence-electron chi connectivity index (χ0n) is 14.6. The lowest BCUT2D eigenvalue weighted by molar-refractivity contribution is 0.217. The summed E-state index contributed by atoms with van der Waals surface area (Å²) in [5.41, 5.74) is 3.29. The molecule has 2 bridgehead atoms.